The fourth-order valence-corrected chi connectivity index (χ4v) is 3.97. The van der Waals surface area contributed by atoms with Crippen molar-refractivity contribution in [3.8, 4) is 0 Å². The molecule has 1 saturated heterocycles. The molecule has 0 radical (unpaired) electrons. The number of nitrogens with two attached hydrogens (primary N) is 1. The highest BCUT2D eigenvalue weighted by Gasteiger charge is 2.50. The highest BCUT2D eigenvalue weighted by atomic mass is 16.5. The van der Waals surface area contributed by atoms with E-state index in [0.717, 1.165) is 0 Å². The van der Waals surface area contributed by atoms with E-state index in [2.05, 4.69) is 51.1 Å². The van der Waals surface area contributed by atoms with Crippen LogP contribution in [0.3, 0.4) is 0 Å². The summed E-state index contributed by atoms with van der Waals surface area (Å²) < 4.78 is 5.95. The summed E-state index contributed by atoms with van der Waals surface area (Å²) in [6, 6.07) is 11.1. The van der Waals surface area contributed by atoms with Gasteiger partial charge in [0.15, 0.2) is 0 Å². The van der Waals surface area contributed by atoms with Crippen molar-refractivity contribution in [2.24, 2.45) is 23.5 Å². The predicted molar refractivity (Wildman–Crippen MR) is 77.9 cm³/mol. The first-order chi connectivity index (χ1) is 9.09. The zero-order valence-corrected chi connectivity index (χ0v) is 12.1. The van der Waals surface area contributed by atoms with Gasteiger partial charge < -0.3 is 10.5 Å². The maximum Gasteiger partial charge on any atom is 0.0597 e. The van der Waals surface area contributed by atoms with Crippen molar-refractivity contribution < 1.29 is 4.74 Å². The fraction of sp³-hybridized carbons (Fsp3) is 0.647. The van der Waals surface area contributed by atoms with Crippen molar-refractivity contribution >= 4 is 0 Å². The molecule has 2 aliphatic rings. The van der Waals surface area contributed by atoms with Crippen molar-refractivity contribution in [1.82, 2.24) is 0 Å². The summed E-state index contributed by atoms with van der Waals surface area (Å²) in [5.74, 6) is 2.40. The van der Waals surface area contributed by atoms with Gasteiger partial charge in [0.05, 0.1) is 12.2 Å². The smallest absolute Gasteiger partial charge is 0.0597 e. The molecule has 3 rings (SSSR count). The molecule has 7 unspecified atom stereocenters. The molecule has 1 heterocycles. The van der Waals surface area contributed by atoms with Crippen LogP contribution in [-0.4, -0.2) is 18.2 Å². The average molecular weight is 259 g/mol. The van der Waals surface area contributed by atoms with Gasteiger partial charge in [0, 0.05) is 12.0 Å². The summed E-state index contributed by atoms with van der Waals surface area (Å²) in [6.07, 6.45) is 1.90. The number of rotatable bonds is 3. The molecule has 0 bridgehead atoms. The summed E-state index contributed by atoms with van der Waals surface area (Å²) in [5, 5.41) is 0. The van der Waals surface area contributed by atoms with E-state index in [1.807, 2.05) is 0 Å². The summed E-state index contributed by atoms with van der Waals surface area (Å²) >= 11 is 0. The summed E-state index contributed by atoms with van der Waals surface area (Å²) in [6.45, 7) is 6.65. The van der Waals surface area contributed by atoms with Crippen molar-refractivity contribution in [2.75, 3.05) is 0 Å². The van der Waals surface area contributed by atoms with Crippen LogP contribution in [0.2, 0.25) is 0 Å². The quantitative estimate of drug-likeness (QED) is 0.905. The maximum atomic E-state index is 6.58. The molecule has 0 amide bonds. The molecule has 2 fully saturated rings. The Kier molecular flexibility index (Phi) is 3.40. The molecule has 7 atom stereocenters. The average Bonchev–Trinajstić information content (AvgIpc) is 3.15. The second-order valence-corrected chi connectivity index (χ2v) is 6.48. The number of benzene rings is 1. The van der Waals surface area contributed by atoms with E-state index < -0.39 is 0 Å². The van der Waals surface area contributed by atoms with Crippen LogP contribution in [0.5, 0.6) is 0 Å². The van der Waals surface area contributed by atoms with E-state index in [-0.39, 0.29) is 6.04 Å². The monoisotopic (exact) mass is 259 g/mol. The molecule has 2 heteroatoms. The molecule has 2 N–H and O–H groups in total. The van der Waals surface area contributed by atoms with Crippen LogP contribution in [0.1, 0.15) is 38.7 Å². The Hall–Kier alpha value is -0.860. The first-order valence-corrected chi connectivity index (χ1v) is 7.55. The van der Waals surface area contributed by atoms with E-state index in [1.54, 1.807) is 0 Å². The van der Waals surface area contributed by atoms with Gasteiger partial charge in [0.2, 0.25) is 0 Å². The van der Waals surface area contributed by atoms with Crippen LogP contribution in [0, 0.1) is 17.8 Å². The molecule has 0 spiro atoms. The van der Waals surface area contributed by atoms with Gasteiger partial charge in [-0.1, -0.05) is 37.3 Å². The first kappa shape index (κ1) is 13.1. The molecule has 1 aromatic rings. The lowest BCUT2D eigenvalue weighted by Gasteiger charge is -2.26. The molecular weight excluding hydrogens is 234 g/mol. The lowest BCUT2D eigenvalue weighted by Crippen LogP contribution is -2.39. The van der Waals surface area contributed by atoms with Crippen molar-refractivity contribution in [3.05, 3.63) is 35.9 Å². The third-order valence-corrected chi connectivity index (χ3v) is 5.33. The SMILES string of the molecule is CC1OC(C)C(C(N)C2CC2c2ccccc2)C1C. The highest BCUT2D eigenvalue weighted by molar-refractivity contribution is 5.27. The van der Waals surface area contributed by atoms with E-state index >= 15 is 0 Å². The van der Waals surface area contributed by atoms with Crippen LogP contribution < -0.4 is 5.73 Å². The Bertz CT molecular complexity index is 432. The first-order valence-electron chi connectivity index (χ1n) is 7.55. The topological polar surface area (TPSA) is 35.2 Å². The molecule has 1 saturated carbocycles. The van der Waals surface area contributed by atoms with Gasteiger partial charge in [0.25, 0.3) is 0 Å². The minimum atomic E-state index is 0.278. The summed E-state index contributed by atoms with van der Waals surface area (Å²) in [7, 11) is 0. The second kappa shape index (κ2) is 4.92. The van der Waals surface area contributed by atoms with Gasteiger partial charge in [0.1, 0.15) is 0 Å². The third kappa shape index (κ3) is 2.32. The lowest BCUT2D eigenvalue weighted by molar-refractivity contribution is 0.0482. The van der Waals surface area contributed by atoms with Crippen LogP contribution in [0.25, 0.3) is 0 Å². The minimum Gasteiger partial charge on any atom is -0.375 e. The van der Waals surface area contributed by atoms with E-state index in [1.165, 1.54) is 12.0 Å². The number of hydrogen-bond donors (Lipinski definition) is 1. The van der Waals surface area contributed by atoms with Gasteiger partial charge in [-0.25, -0.2) is 0 Å². The van der Waals surface area contributed by atoms with Crippen molar-refractivity contribution in [3.63, 3.8) is 0 Å². The number of hydrogen-bond acceptors (Lipinski definition) is 2. The van der Waals surface area contributed by atoms with Gasteiger partial charge >= 0.3 is 0 Å². The van der Waals surface area contributed by atoms with Crippen LogP contribution in [-0.2, 0) is 4.74 Å². The molecule has 1 aliphatic heterocycles. The zero-order chi connectivity index (χ0) is 13.6. The van der Waals surface area contributed by atoms with Gasteiger partial charge in [-0.3, -0.25) is 0 Å². The predicted octanol–water partition coefficient (Wildman–Crippen LogP) is 3.18. The van der Waals surface area contributed by atoms with Gasteiger partial charge in [-0.15, -0.1) is 0 Å². The molecule has 0 aromatic heterocycles. The lowest BCUT2D eigenvalue weighted by atomic mass is 9.81. The highest BCUT2D eigenvalue weighted by Crippen LogP contribution is 2.52. The minimum absolute atomic E-state index is 0.278. The van der Waals surface area contributed by atoms with Gasteiger partial charge in [-0.05, 0) is 43.6 Å². The summed E-state index contributed by atoms with van der Waals surface area (Å²) in [5.41, 5.74) is 8.03. The molecule has 2 nitrogen and oxygen atoms in total. The molecule has 19 heavy (non-hydrogen) atoms. The third-order valence-electron chi connectivity index (χ3n) is 5.33. The maximum absolute atomic E-state index is 6.58. The Morgan fingerprint density at radius 1 is 1.11 bits per heavy atom. The standard InChI is InChI=1S/C17H25NO/c1-10-11(2)19-12(3)16(10)17(18)15-9-14(15)13-7-5-4-6-8-13/h4-8,10-12,14-17H,9,18H2,1-3H3. The number of ether oxygens (including phenoxy) is 1. The molecular formula is C17H25NO. The molecule has 1 aromatic carbocycles. The van der Waals surface area contributed by atoms with Crippen molar-refractivity contribution in [1.29, 1.82) is 0 Å². The summed E-state index contributed by atoms with van der Waals surface area (Å²) in [4.78, 5) is 0. The Morgan fingerprint density at radius 3 is 2.37 bits per heavy atom. The fourth-order valence-electron chi connectivity index (χ4n) is 3.97. The second-order valence-electron chi connectivity index (χ2n) is 6.48. The Labute approximate surface area is 116 Å². The Morgan fingerprint density at radius 2 is 1.79 bits per heavy atom. The molecule has 104 valence electrons. The van der Waals surface area contributed by atoms with Crippen molar-refractivity contribution in [2.45, 2.75) is 51.4 Å². The van der Waals surface area contributed by atoms with Crippen LogP contribution in [0.15, 0.2) is 30.3 Å². The van der Waals surface area contributed by atoms with Crippen LogP contribution >= 0.6 is 0 Å². The molecule has 1 aliphatic carbocycles. The van der Waals surface area contributed by atoms with Crippen LogP contribution in [0.4, 0.5) is 0 Å². The normalized spacial score (nSPS) is 43.2. The zero-order valence-electron chi connectivity index (χ0n) is 12.1. The van der Waals surface area contributed by atoms with E-state index in [4.69, 9.17) is 10.5 Å². The Balaban J connectivity index is 1.68. The van der Waals surface area contributed by atoms with Gasteiger partial charge in [-0.2, -0.15) is 0 Å². The largest absolute Gasteiger partial charge is 0.375 e. The van der Waals surface area contributed by atoms with E-state index in [9.17, 15) is 0 Å². The van der Waals surface area contributed by atoms with E-state index in [0.29, 0.717) is 35.9 Å².